The molecule has 21 heavy (non-hydrogen) atoms. The minimum Gasteiger partial charge on any atom is -0.507 e. The van der Waals surface area contributed by atoms with Crippen molar-refractivity contribution in [2.75, 3.05) is 11.5 Å². The van der Waals surface area contributed by atoms with Gasteiger partial charge in [-0.25, -0.2) is 0 Å². The molecule has 1 aliphatic heterocycles. The van der Waals surface area contributed by atoms with Gasteiger partial charge >= 0.3 is 0 Å². The number of benzene rings is 1. The summed E-state index contributed by atoms with van der Waals surface area (Å²) in [5.41, 5.74) is 0.560. The van der Waals surface area contributed by atoms with E-state index in [0.29, 0.717) is 16.7 Å². The molecule has 0 bridgehead atoms. The first-order valence-corrected chi connectivity index (χ1v) is 9.63. The summed E-state index contributed by atoms with van der Waals surface area (Å²) in [6.07, 6.45) is 1.09. The first kappa shape index (κ1) is 15.2. The van der Waals surface area contributed by atoms with Gasteiger partial charge < -0.3 is 9.63 Å². The number of phenolic OH excluding ortho intramolecular Hbond substituents is 1. The van der Waals surface area contributed by atoms with Crippen LogP contribution in [0.1, 0.15) is 24.4 Å². The van der Waals surface area contributed by atoms with Crippen LogP contribution in [-0.2, 0) is 0 Å². The second kappa shape index (κ2) is 6.62. The highest BCUT2D eigenvalue weighted by atomic mass is 79.9. The minimum absolute atomic E-state index is 0.145. The number of rotatable bonds is 3. The van der Waals surface area contributed by atoms with E-state index < -0.39 is 0 Å². The van der Waals surface area contributed by atoms with E-state index >= 15 is 0 Å². The van der Waals surface area contributed by atoms with Crippen LogP contribution in [0.25, 0.3) is 11.5 Å². The van der Waals surface area contributed by atoms with E-state index in [-0.39, 0.29) is 11.0 Å². The highest BCUT2D eigenvalue weighted by molar-refractivity contribution is 9.10. The van der Waals surface area contributed by atoms with Crippen LogP contribution in [0, 0.1) is 0 Å². The predicted octanol–water partition coefficient (Wildman–Crippen LogP) is 4.50. The Bertz CT molecular complexity index is 635. The van der Waals surface area contributed by atoms with Gasteiger partial charge in [0.2, 0.25) is 0 Å². The molecule has 1 aromatic heterocycles. The molecule has 112 valence electrons. The van der Waals surface area contributed by atoms with Crippen molar-refractivity contribution in [1.82, 2.24) is 10.1 Å². The summed E-state index contributed by atoms with van der Waals surface area (Å²) in [5, 5.41) is 14.9. The quantitative estimate of drug-likeness (QED) is 0.837. The van der Waals surface area contributed by atoms with Crippen LogP contribution in [0.4, 0.5) is 0 Å². The van der Waals surface area contributed by atoms with Gasteiger partial charge in [0.05, 0.1) is 10.8 Å². The summed E-state index contributed by atoms with van der Waals surface area (Å²) in [6.45, 7) is 2.19. The summed E-state index contributed by atoms with van der Waals surface area (Å²) in [6, 6.07) is 5.17. The zero-order valence-corrected chi connectivity index (χ0v) is 14.7. The van der Waals surface area contributed by atoms with Gasteiger partial charge in [-0.05, 0) is 24.6 Å². The molecule has 1 saturated heterocycles. The van der Waals surface area contributed by atoms with E-state index in [1.54, 1.807) is 18.2 Å². The van der Waals surface area contributed by atoms with E-state index in [9.17, 15) is 5.11 Å². The zero-order valence-electron chi connectivity index (χ0n) is 11.5. The molecule has 7 heteroatoms. The van der Waals surface area contributed by atoms with Gasteiger partial charge in [0.25, 0.3) is 5.89 Å². The number of nitrogens with zero attached hydrogens (tertiary/aromatic N) is 2. The highest BCUT2D eigenvalue weighted by Crippen LogP contribution is 2.43. The van der Waals surface area contributed by atoms with Crippen LogP contribution in [-0.4, -0.2) is 32.0 Å². The first-order valence-electron chi connectivity index (χ1n) is 6.74. The summed E-state index contributed by atoms with van der Waals surface area (Å²) in [5.74, 6) is 3.53. The molecule has 2 atom stereocenters. The molecule has 0 aliphatic carbocycles. The molecule has 1 aliphatic rings. The Morgan fingerprint density at radius 2 is 2.19 bits per heavy atom. The molecule has 0 amide bonds. The van der Waals surface area contributed by atoms with Crippen LogP contribution in [0.2, 0.25) is 0 Å². The third kappa shape index (κ3) is 3.24. The van der Waals surface area contributed by atoms with Gasteiger partial charge in [-0.15, -0.1) is 11.8 Å². The van der Waals surface area contributed by atoms with Gasteiger partial charge in [0.1, 0.15) is 5.75 Å². The topological polar surface area (TPSA) is 59.2 Å². The van der Waals surface area contributed by atoms with Crippen molar-refractivity contribution in [3.8, 4) is 17.2 Å². The maximum absolute atomic E-state index is 9.95. The van der Waals surface area contributed by atoms with Crippen LogP contribution in [0.15, 0.2) is 27.2 Å². The standard InChI is InChI=1S/C14H15BrN2O2S2/c1-2-11-12(21-6-5-20-11)13-16-14(19-17-13)9-7-8(15)3-4-10(9)18/h3-4,7,11-12,18H,2,5-6H2,1H3. The van der Waals surface area contributed by atoms with E-state index in [1.165, 1.54) is 5.75 Å². The summed E-state index contributed by atoms with van der Waals surface area (Å²) in [7, 11) is 0. The Kier molecular flexibility index (Phi) is 4.81. The van der Waals surface area contributed by atoms with Gasteiger partial charge in [-0.2, -0.15) is 16.7 Å². The molecule has 0 saturated carbocycles. The smallest absolute Gasteiger partial charge is 0.261 e. The molecule has 0 radical (unpaired) electrons. The second-order valence-electron chi connectivity index (χ2n) is 4.73. The molecule has 1 fully saturated rings. The summed E-state index contributed by atoms with van der Waals surface area (Å²) >= 11 is 7.25. The maximum atomic E-state index is 9.95. The number of halogens is 1. The van der Waals surface area contributed by atoms with Crippen LogP contribution in [0.3, 0.4) is 0 Å². The molecule has 2 unspecified atom stereocenters. The van der Waals surface area contributed by atoms with Crippen LogP contribution < -0.4 is 0 Å². The number of aromatic nitrogens is 2. The average Bonchev–Trinajstić information content (AvgIpc) is 2.99. The van der Waals surface area contributed by atoms with Crippen molar-refractivity contribution in [3.63, 3.8) is 0 Å². The molecule has 1 aromatic carbocycles. The fourth-order valence-corrected chi connectivity index (χ4v) is 5.62. The average molecular weight is 387 g/mol. The molecule has 3 rings (SSSR count). The molecule has 1 N–H and O–H groups in total. The van der Waals surface area contributed by atoms with Crippen molar-refractivity contribution in [2.45, 2.75) is 23.8 Å². The molecular weight excluding hydrogens is 372 g/mol. The Hall–Kier alpha value is -0.660. The third-order valence-corrected chi connectivity index (χ3v) is 7.07. The summed E-state index contributed by atoms with van der Waals surface area (Å²) < 4.78 is 6.23. The normalized spacial score (nSPS) is 22.4. The molecule has 2 aromatic rings. The lowest BCUT2D eigenvalue weighted by Gasteiger charge is -2.27. The zero-order chi connectivity index (χ0) is 14.8. The van der Waals surface area contributed by atoms with E-state index in [2.05, 4.69) is 33.0 Å². The Balaban J connectivity index is 1.90. The van der Waals surface area contributed by atoms with Crippen molar-refractivity contribution < 1.29 is 9.63 Å². The van der Waals surface area contributed by atoms with Crippen molar-refractivity contribution >= 4 is 39.5 Å². The lowest BCUT2D eigenvalue weighted by Crippen LogP contribution is -2.19. The number of aromatic hydroxyl groups is 1. The second-order valence-corrected chi connectivity index (χ2v) is 8.24. The maximum Gasteiger partial charge on any atom is 0.261 e. The number of hydrogen-bond donors (Lipinski definition) is 1. The number of hydrogen-bond acceptors (Lipinski definition) is 6. The third-order valence-electron chi connectivity index (χ3n) is 3.34. The van der Waals surface area contributed by atoms with Gasteiger partial charge in [0.15, 0.2) is 5.82 Å². The highest BCUT2D eigenvalue weighted by Gasteiger charge is 2.30. The fraction of sp³-hybridized carbons (Fsp3) is 0.429. The Morgan fingerprint density at radius 1 is 1.38 bits per heavy atom. The lowest BCUT2D eigenvalue weighted by atomic mass is 10.2. The van der Waals surface area contributed by atoms with E-state index in [0.717, 1.165) is 22.5 Å². The molecule has 0 spiro atoms. The van der Waals surface area contributed by atoms with Gasteiger partial charge in [0, 0.05) is 21.2 Å². The van der Waals surface area contributed by atoms with Crippen molar-refractivity contribution in [2.24, 2.45) is 0 Å². The van der Waals surface area contributed by atoms with E-state index in [1.807, 2.05) is 23.5 Å². The Labute approximate surface area is 140 Å². The molecule has 4 nitrogen and oxygen atoms in total. The van der Waals surface area contributed by atoms with Crippen LogP contribution in [0.5, 0.6) is 5.75 Å². The monoisotopic (exact) mass is 386 g/mol. The summed E-state index contributed by atoms with van der Waals surface area (Å²) in [4.78, 5) is 4.51. The molecule has 2 heterocycles. The number of thioether (sulfide) groups is 2. The first-order chi connectivity index (χ1) is 10.2. The Morgan fingerprint density at radius 3 is 3.00 bits per heavy atom. The molecular formula is C14H15BrN2O2S2. The van der Waals surface area contributed by atoms with E-state index in [4.69, 9.17) is 4.52 Å². The van der Waals surface area contributed by atoms with Crippen molar-refractivity contribution in [1.29, 1.82) is 0 Å². The van der Waals surface area contributed by atoms with Gasteiger partial charge in [-0.1, -0.05) is 28.0 Å². The SMILES string of the molecule is CCC1SCCSC1c1noc(-c2cc(Br)ccc2O)n1. The van der Waals surface area contributed by atoms with Crippen LogP contribution >= 0.6 is 39.5 Å². The fourth-order valence-electron chi connectivity index (χ4n) is 2.28. The largest absolute Gasteiger partial charge is 0.507 e. The number of phenols is 1. The minimum atomic E-state index is 0.145. The predicted molar refractivity (Wildman–Crippen MR) is 90.8 cm³/mol. The van der Waals surface area contributed by atoms with Crippen molar-refractivity contribution in [3.05, 3.63) is 28.5 Å². The van der Waals surface area contributed by atoms with Gasteiger partial charge in [-0.3, -0.25) is 0 Å². The lowest BCUT2D eigenvalue weighted by molar-refractivity contribution is 0.416.